The lowest BCUT2D eigenvalue weighted by Crippen LogP contribution is -2.30. The minimum absolute atomic E-state index is 0.00625. The third-order valence-electron chi connectivity index (χ3n) is 3.31. The fraction of sp³-hybridized carbons (Fsp3) is 0.667. The number of hydrogen-bond donors (Lipinski definition) is 1. The monoisotopic (exact) mass is 287 g/mol. The Bertz CT molecular complexity index is 548. The molecule has 1 aliphatic rings. The molecular weight excluding hydrogens is 270 g/mol. The molecule has 1 N–H and O–H groups in total. The molecule has 106 valence electrons. The molecule has 0 amide bonds. The summed E-state index contributed by atoms with van der Waals surface area (Å²) in [6.45, 7) is 0. The second kappa shape index (κ2) is 5.73. The van der Waals surface area contributed by atoms with Crippen molar-refractivity contribution >= 4 is 15.8 Å². The van der Waals surface area contributed by atoms with E-state index in [-0.39, 0.29) is 18.6 Å². The first-order valence-corrected chi connectivity index (χ1v) is 8.05. The second-order valence-electron chi connectivity index (χ2n) is 4.82. The Kier molecular flexibility index (Phi) is 4.24. The van der Waals surface area contributed by atoms with E-state index in [0.717, 1.165) is 12.8 Å². The summed E-state index contributed by atoms with van der Waals surface area (Å²) >= 11 is 0. The first-order chi connectivity index (χ1) is 8.97. The van der Waals surface area contributed by atoms with E-state index in [1.54, 1.807) is 0 Å². The number of oxazole rings is 1. The number of aromatic nitrogens is 1. The lowest BCUT2D eigenvalue weighted by atomic mass is 10.1. The zero-order valence-corrected chi connectivity index (χ0v) is 11.4. The Labute approximate surface area is 111 Å². The molecule has 1 atom stereocenters. The number of carboxylic acid groups (broad SMARTS) is 1. The molecule has 2 heterocycles. The Balaban J connectivity index is 1.97. The molecule has 7 heteroatoms. The van der Waals surface area contributed by atoms with Crippen LogP contribution in [0.1, 0.15) is 37.3 Å². The Morgan fingerprint density at radius 3 is 2.95 bits per heavy atom. The second-order valence-corrected chi connectivity index (χ2v) is 7.22. The Morgan fingerprint density at radius 1 is 1.47 bits per heavy atom. The van der Waals surface area contributed by atoms with Gasteiger partial charge in [0, 0.05) is 12.8 Å². The van der Waals surface area contributed by atoms with Crippen LogP contribution in [0.15, 0.2) is 10.7 Å². The van der Waals surface area contributed by atoms with Crippen LogP contribution in [0.25, 0.3) is 0 Å². The molecule has 0 saturated carbocycles. The van der Waals surface area contributed by atoms with Crippen LogP contribution in [0.4, 0.5) is 0 Å². The van der Waals surface area contributed by atoms with Gasteiger partial charge in [-0.05, 0) is 12.8 Å². The van der Waals surface area contributed by atoms with Crippen molar-refractivity contribution in [1.82, 2.24) is 4.98 Å². The van der Waals surface area contributed by atoms with Crippen molar-refractivity contribution in [2.75, 3.05) is 5.75 Å². The molecule has 1 fully saturated rings. The van der Waals surface area contributed by atoms with E-state index in [0.29, 0.717) is 24.4 Å². The third-order valence-corrected chi connectivity index (χ3v) is 5.59. The van der Waals surface area contributed by atoms with E-state index in [2.05, 4.69) is 4.98 Å². The number of hydrogen-bond acceptors (Lipinski definition) is 5. The van der Waals surface area contributed by atoms with Crippen LogP contribution in [0.5, 0.6) is 0 Å². The molecule has 1 aromatic heterocycles. The summed E-state index contributed by atoms with van der Waals surface area (Å²) in [5.41, 5.74) is 0.561. The number of carbonyl (C=O) groups is 1. The highest BCUT2D eigenvalue weighted by Gasteiger charge is 2.30. The molecular formula is C12H17NO5S. The molecule has 0 bridgehead atoms. The van der Waals surface area contributed by atoms with Gasteiger partial charge in [0.15, 0.2) is 15.7 Å². The van der Waals surface area contributed by atoms with Gasteiger partial charge in [-0.1, -0.05) is 6.42 Å². The summed E-state index contributed by atoms with van der Waals surface area (Å²) in [6, 6.07) is 0. The predicted molar refractivity (Wildman–Crippen MR) is 67.6 cm³/mol. The minimum Gasteiger partial charge on any atom is -0.481 e. The smallest absolute Gasteiger partial charge is 0.303 e. The van der Waals surface area contributed by atoms with Crippen LogP contribution in [0.3, 0.4) is 0 Å². The fourth-order valence-electron chi connectivity index (χ4n) is 2.24. The standard InChI is InChI=1S/C12H17NO5S/c14-12(15)5-4-9-8-18-11(13-9)7-10-3-1-2-6-19(10,16)17/h8,10H,1-7H2,(H,14,15). The third kappa shape index (κ3) is 3.79. The van der Waals surface area contributed by atoms with Crippen LogP contribution in [0, 0.1) is 0 Å². The number of sulfone groups is 1. The summed E-state index contributed by atoms with van der Waals surface area (Å²) in [5.74, 6) is -0.264. The van der Waals surface area contributed by atoms with Gasteiger partial charge < -0.3 is 9.52 Å². The van der Waals surface area contributed by atoms with E-state index in [9.17, 15) is 13.2 Å². The molecule has 0 aromatic carbocycles. The maximum absolute atomic E-state index is 11.9. The molecule has 0 radical (unpaired) electrons. The first-order valence-electron chi connectivity index (χ1n) is 6.34. The fourth-order valence-corrected chi connectivity index (χ4v) is 4.10. The quantitative estimate of drug-likeness (QED) is 0.874. The van der Waals surface area contributed by atoms with E-state index in [1.165, 1.54) is 6.26 Å². The SMILES string of the molecule is O=C(O)CCc1coc(CC2CCCCS2(=O)=O)n1. The number of rotatable bonds is 5. The van der Waals surface area contributed by atoms with E-state index in [1.807, 2.05) is 0 Å². The molecule has 6 nitrogen and oxygen atoms in total. The van der Waals surface area contributed by atoms with Crippen molar-refractivity contribution in [3.05, 3.63) is 17.8 Å². The van der Waals surface area contributed by atoms with Crippen molar-refractivity contribution in [2.45, 2.75) is 43.8 Å². The molecule has 1 unspecified atom stereocenters. The topological polar surface area (TPSA) is 97.5 Å². The average Bonchev–Trinajstić information content (AvgIpc) is 2.77. The van der Waals surface area contributed by atoms with Gasteiger partial charge in [-0.2, -0.15) is 0 Å². The van der Waals surface area contributed by atoms with Gasteiger partial charge in [-0.25, -0.2) is 13.4 Å². The lowest BCUT2D eigenvalue weighted by Gasteiger charge is -2.20. The van der Waals surface area contributed by atoms with Crippen LogP contribution < -0.4 is 0 Å². The summed E-state index contributed by atoms with van der Waals surface area (Å²) < 4.78 is 28.9. The number of nitrogens with zero attached hydrogens (tertiary/aromatic N) is 1. The van der Waals surface area contributed by atoms with Crippen molar-refractivity contribution in [1.29, 1.82) is 0 Å². The minimum atomic E-state index is -3.03. The van der Waals surface area contributed by atoms with Gasteiger partial charge >= 0.3 is 5.97 Å². The number of aryl methyl sites for hydroxylation is 1. The maximum Gasteiger partial charge on any atom is 0.303 e. The van der Waals surface area contributed by atoms with Crippen molar-refractivity contribution < 1.29 is 22.7 Å². The van der Waals surface area contributed by atoms with Crippen LogP contribution in [0.2, 0.25) is 0 Å². The summed E-state index contributed by atoms with van der Waals surface area (Å²) in [6.07, 6.45) is 4.28. The Hall–Kier alpha value is -1.37. The highest BCUT2D eigenvalue weighted by atomic mass is 32.2. The molecule has 0 spiro atoms. The van der Waals surface area contributed by atoms with Gasteiger partial charge in [0.25, 0.3) is 0 Å². The van der Waals surface area contributed by atoms with Gasteiger partial charge in [0.1, 0.15) is 6.26 Å². The molecule has 2 rings (SSSR count). The van der Waals surface area contributed by atoms with Crippen molar-refractivity contribution in [3.8, 4) is 0 Å². The highest BCUT2D eigenvalue weighted by Crippen LogP contribution is 2.22. The highest BCUT2D eigenvalue weighted by molar-refractivity contribution is 7.92. The lowest BCUT2D eigenvalue weighted by molar-refractivity contribution is -0.136. The summed E-state index contributed by atoms with van der Waals surface area (Å²) in [4.78, 5) is 14.6. The molecule has 19 heavy (non-hydrogen) atoms. The summed E-state index contributed by atoms with van der Waals surface area (Å²) in [5, 5.41) is 8.16. The zero-order valence-electron chi connectivity index (χ0n) is 10.5. The van der Waals surface area contributed by atoms with Crippen LogP contribution in [-0.4, -0.2) is 35.5 Å². The van der Waals surface area contributed by atoms with E-state index in [4.69, 9.17) is 9.52 Å². The zero-order chi connectivity index (χ0) is 13.9. The van der Waals surface area contributed by atoms with E-state index >= 15 is 0 Å². The van der Waals surface area contributed by atoms with Crippen LogP contribution in [-0.2, 0) is 27.5 Å². The molecule has 1 aromatic rings. The number of aliphatic carboxylic acids is 1. The van der Waals surface area contributed by atoms with Crippen LogP contribution >= 0.6 is 0 Å². The molecule has 1 aliphatic heterocycles. The molecule has 0 aliphatic carbocycles. The van der Waals surface area contributed by atoms with Gasteiger partial charge in [-0.15, -0.1) is 0 Å². The average molecular weight is 287 g/mol. The largest absolute Gasteiger partial charge is 0.481 e. The summed E-state index contributed by atoms with van der Waals surface area (Å²) in [7, 11) is -3.03. The van der Waals surface area contributed by atoms with Gasteiger partial charge in [0.05, 0.1) is 23.1 Å². The van der Waals surface area contributed by atoms with E-state index < -0.39 is 21.1 Å². The normalized spacial score (nSPS) is 22.2. The first kappa shape index (κ1) is 14.0. The Morgan fingerprint density at radius 2 is 2.26 bits per heavy atom. The van der Waals surface area contributed by atoms with Gasteiger partial charge in [-0.3, -0.25) is 4.79 Å². The predicted octanol–water partition coefficient (Wildman–Crippen LogP) is 1.20. The number of carboxylic acids is 1. The van der Waals surface area contributed by atoms with Crippen molar-refractivity contribution in [2.24, 2.45) is 0 Å². The van der Waals surface area contributed by atoms with Gasteiger partial charge in [0.2, 0.25) is 0 Å². The maximum atomic E-state index is 11.9. The van der Waals surface area contributed by atoms with Crippen molar-refractivity contribution in [3.63, 3.8) is 0 Å². The molecule has 1 saturated heterocycles.